The molecular weight excluding hydrogens is 318 g/mol. The van der Waals surface area contributed by atoms with Crippen molar-refractivity contribution in [3.8, 4) is 0 Å². The molecule has 0 saturated heterocycles. The second kappa shape index (κ2) is 7.23. The van der Waals surface area contributed by atoms with Crippen LogP contribution in [0.1, 0.15) is 29.9 Å². The predicted octanol–water partition coefficient (Wildman–Crippen LogP) is 2.30. The van der Waals surface area contributed by atoms with E-state index >= 15 is 0 Å². The van der Waals surface area contributed by atoms with Crippen LogP contribution in [0.5, 0.6) is 0 Å². The number of rotatable bonds is 6. The molecule has 23 heavy (non-hydrogen) atoms. The summed E-state index contributed by atoms with van der Waals surface area (Å²) in [6, 6.07) is 4.63. The standard InChI is InChI=1S/C14H17N5O3S/c1-8-4-5-11(6-12(8)19(21)22)9(2)15-13(20)7-23-14-16-10(3)17-18-14/h4-6,9H,7H2,1-3H3,(H,15,20)(H,16,17,18)/t9-/m1/s1. The fourth-order valence-electron chi connectivity index (χ4n) is 1.98. The molecule has 1 atom stereocenters. The van der Waals surface area contributed by atoms with E-state index in [1.165, 1.54) is 17.8 Å². The zero-order chi connectivity index (χ0) is 17.0. The smallest absolute Gasteiger partial charge is 0.272 e. The van der Waals surface area contributed by atoms with E-state index in [-0.39, 0.29) is 23.4 Å². The van der Waals surface area contributed by atoms with Crippen LogP contribution < -0.4 is 5.32 Å². The Morgan fingerprint density at radius 3 is 2.83 bits per heavy atom. The maximum absolute atomic E-state index is 12.0. The Morgan fingerprint density at radius 2 is 2.22 bits per heavy atom. The summed E-state index contributed by atoms with van der Waals surface area (Å²) in [5, 5.41) is 20.9. The number of amides is 1. The average Bonchev–Trinajstić information content (AvgIpc) is 2.91. The molecule has 0 aliphatic rings. The third-order valence-corrected chi connectivity index (χ3v) is 4.06. The summed E-state index contributed by atoms with van der Waals surface area (Å²) < 4.78 is 0. The van der Waals surface area contributed by atoms with Crippen LogP contribution in [0.2, 0.25) is 0 Å². The van der Waals surface area contributed by atoms with E-state index in [1.54, 1.807) is 32.9 Å². The highest BCUT2D eigenvalue weighted by molar-refractivity contribution is 7.99. The zero-order valence-electron chi connectivity index (χ0n) is 13.0. The van der Waals surface area contributed by atoms with Crippen LogP contribution in [0.25, 0.3) is 0 Å². The Kier molecular flexibility index (Phi) is 5.32. The van der Waals surface area contributed by atoms with Gasteiger partial charge in [0.05, 0.1) is 16.7 Å². The van der Waals surface area contributed by atoms with Crippen molar-refractivity contribution in [3.63, 3.8) is 0 Å². The maximum Gasteiger partial charge on any atom is 0.272 e. The summed E-state index contributed by atoms with van der Waals surface area (Å²) in [6.07, 6.45) is 0. The highest BCUT2D eigenvalue weighted by Gasteiger charge is 2.16. The third kappa shape index (κ3) is 4.52. The number of H-pyrrole nitrogens is 1. The Labute approximate surface area is 137 Å². The summed E-state index contributed by atoms with van der Waals surface area (Å²) in [6.45, 7) is 5.25. The van der Waals surface area contributed by atoms with Crippen LogP contribution in [-0.4, -0.2) is 31.8 Å². The monoisotopic (exact) mass is 335 g/mol. The molecule has 0 unspecified atom stereocenters. The van der Waals surface area contributed by atoms with Gasteiger partial charge in [0, 0.05) is 11.6 Å². The van der Waals surface area contributed by atoms with Crippen molar-refractivity contribution in [2.75, 3.05) is 5.75 Å². The topological polar surface area (TPSA) is 114 Å². The van der Waals surface area contributed by atoms with Crippen molar-refractivity contribution in [2.24, 2.45) is 0 Å². The molecule has 9 heteroatoms. The Hall–Kier alpha value is -2.42. The summed E-state index contributed by atoms with van der Waals surface area (Å²) in [5.41, 5.74) is 1.33. The summed E-state index contributed by atoms with van der Waals surface area (Å²) in [4.78, 5) is 26.6. The molecule has 122 valence electrons. The van der Waals surface area contributed by atoms with E-state index < -0.39 is 4.92 Å². The number of aryl methyl sites for hydroxylation is 2. The molecule has 0 radical (unpaired) electrons. The van der Waals surface area contributed by atoms with Crippen molar-refractivity contribution in [2.45, 2.75) is 32.0 Å². The molecule has 1 heterocycles. The molecule has 1 amide bonds. The van der Waals surface area contributed by atoms with Gasteiger partial charge in [-0.2, -0.15) is 0 Å². The first-order valence-corrected chi connectivity index (χ1v) is 7.91. The largest absolute Gasteiger partial charge is 0.349 e. The lowest BCUT2D eigenvalue weighted by atomic mass is 10.0. The molecule has 1 aromatic heterocycles. The number of thioether (sulfide) groups is 1. The lowest BCUT2D eigenvalue weighted by Crippen LogP contribution is -2.28. The van der Waals surface area contributed by atoms with Gasteiger partial charge in [-0.05, 0) is 26.3 Å². The van der Waals surface area contributed by atoms with E-state index in [2.05, 4.69) is 20.5 Å². The van der Waals surface area contributed by atoms with Gasteiger partial charge in [-0.1, -0.05) is 23.9 Å². The van der Waals surface area contributed by atoms with Gasteiger partial charge >= 0.3 is 0 Å². The van der Waals surface area contributed by atoms with E-state index in [0.29, 0.717) is 22.1 Å². The molecule has 2 rings (SSSR count). The van der Waals surface area contributed by atoms with Crippen LogP contribution in [-0.2, 0) is 4.79 Å². The zero-order valence-corrected chi connectivity index (χ0v) is 13.8. The van der Waals surface area contributed by atoms with Crippen molar-refractivity contribution in [1.82, 2.24) is 20.5 Å². The summed E-state index contributed by atoms with van der Waals surface area (Å²) >= 11 is 1.22. The fraction of sp³-hybridized carbons (Fsp3) is 0.357. The molecule has 0 aliphatic heterocycles. The number of benzene rings is 1. The number of aromatic nitrogens is 3. The number of hydrogen-bond acceptors (Lipinski definition) is 6. The van der Waals surface area contributed by atoms with Crippen LogP contribution in [0, 0.1) is 24.0 Å². The molecule has 2 aromatic rings. The number of carbonyl (C=O) groups excluding carboxylic acids is 1. The predicted molar refractivity (Wildman–Crippen MR) is 86.2 cm³/mol. The summed E-state index contributed by atoms with van der Waals surface area (Å²) in [5.74, 6) is 0.677. The fourth-order valence-corrected chi connectivity index (χ4v) is 2.63. The van der Waals surface area contributed by atoms with E-state index in [1.807, 2.05) is 0 Å². The van der Waals surface area contributed by atoms with Crippen molar-refractivity contribution in [1.29, 1.82) is 0 Å². The quantitative estimate of drug-likeness (QED) is 0.475. The van der Waals surface area contributed by atoms with Gasteiger partial charge in [-0.15, -0.1) is 5.10 Å². The average molecular weight is 335 g/mol. The first kappa shape index (κ1) is 16.9. The second-order valence-electron chi connectivity index (χ2n) is 5.08. The molecule has 0 aliphatic carbocycles. The summed E-state index contributed by atoms with van der Waals surface area (Å²) in [7, 11) is 0. The number of hydrogen-bond donors (Lipinski definition) is 2. The van der Waals surface area contributed by atoms with E-state index in [4.69, 9.17) is 0 Å². The lowest BCUT2D eigenvalue weighted by molar-refractivity contribution is -0.385. The van der Waals surface area contributed by atoms with Gasteiger partial charge in [-0.25, -0.2) is 4.98 Å². The Morgan fingerprint density at radius 1 is 1.48 bits per heavy atom. The second-order valence-corrected chi connectivity index (χ2v) is 6.03. The third-order valence-electron chi connectivity index (χ3n) is 3.22. The highest BCUT2D eigenvalue weighted by Crippen LogP contribution is 2.23. The number of nitrogens with zero attached hydrogens (tertiary/aromatic N) is 3. The minimum Gasteiger partial charge on any atom is -0.349 e. The van der Waals surface area contributed by atoms with E-state index in [0.717, 1.165) is 0 Å². The maximum atomic E-state index is 12.0. The van der Waals surface area contributed by atoms with Crippen LogP contribution >= 0.6 is 11.8 Å². The van der Waals surface area contributed by atoms with Gasteiger partial charge in [-0.3, -0.25) is 20.0 Å². The molecule has 0 saturated carbocycles. The van der Waals surface area contributed by atoms with Gasteiger partial charge in [0.2, 0.25) is 11.1 Å². The van der Waals surface area contributed by atoms with Crippen LogP contribution in [0.15, 0.2) is 23.4 Å². The first-order valence-electron chi connectivity index (χ1n) is 6.93. The van der Waals surface area contributed by atoms with Gasteiger partial charge in [0.15, 0.2) is 0 Å². The van der Waals surface area contributed by atoms with Crippen molar-refractivity contribution >= 4 is 23.4 Å². The van der Waals surface area contributed by atoms with Crippen LogP contribution in [0.3, 0.4) is 0 Å². The first-order chi connectivity index (χ1) is 10.9. The highest BCUT2D eigenvalue weighted by atomic mass is 32.2. The van der Waals surface area contributed by atoms with Gasteiger partial charge < -0.3 is 5.32 Å². The Bertz CT molecular complexity index is 731. The van der Waals surface area contributed by atoms with Gasteiger partial charge in [0.1, 0.15) is 5.82 Å². The number of aromatic amines is 1. The number of nitro benzene ring substituents is 1. The normalized spacial score (nSPS) is 12.0. The molecule has 8 nitrogen and oxygen atoms in total. The molecule has 1 aromatic carbocycles. The number of carbonyl (C=O) groups is 1. The molecule has 0 spiro atoms. The Balaban J connectivity index is 1.95. The van der Waals surface area contributed by atoms with Crippen molar-refractivity contribution in [3.05, 3.63) is 45.3 Å². The van der Waals surface area contributed by atoms with Crippen LogP contribution in [0.4, 0.5) is 5.69 Å². The molecular formula is C14H17N5O3S. The van der Waals surface area contributed by atoms with E-state index in [9.17, 15) is 14.9 Å². The van der Waals surface area contributed by atoms with Crippen molar-refractivity contribution < 1.29 is 9.72 Å². The molecule has 0 bridgehead atoms. The number of nitrogens with one attached hydrogen (secondary N) is 2. The number of nitro groups is 1. The SMILES string of the molecule is Cc1nc(SCC(=O)N[C@H](C)c2ccc(C)c([N+](=O)[O-])c2)n[nH]1. The lowest BCUT2D eigenvalue weighted by Gasteiger charge is -2.14. The molecule has 0 fully saturated rings. The minimum atomic E-state index is -0.422. The minimum absolute atomic E-state index is 0.0502. The van der Waals surface area contributed by atoms with Gasteiger partial charge in [0.25, 0.3) is 5.69 Å². The molecule has 2 N–H and O–H groups in total.